The summed E-state index contributed by atoms with van der Waals surface area (Å²) in [5.74, 6) is 1.14. The number of thioether (sulfide) groups is 1. The zero-order chi connectivity index (χ0) is 5.11. The summed E-state index contributed by atoms with van der Waals surface area (Å²) >= 11 is 6.59. The maximum atomic E-state index is 4.71. The molecule has 0 aromatic rings. The fourth-order valence-corrected chi connectivity index (χ4v) is 1.57. The highest BCUT2D eigenvalue weighted by molar-refractivity contribution is 8.02. The molecule has 0 saturated carbocycles. The molecule has 38 valence electrons. The maximum Gasteiger partial charge on any atom is 0.0513 e. The second-order valence-electron chi connectivity index (χ2n) is 1.36. The minimum atomic E-state index is 0.523. The van der Waals surface area contributed by atoms with Crippen molar-refractivity contribution < 1.29 is 0 Å². The van der Waals surface area contributed by atoms with Crippen LogP contribution in [0.25, 0.3) is 0 Å². The third-order valence-corrected chi connectivity index (χ3v) is 2.37. The van der Waals surface area contributed by atoms with Crippen LogP contribution in [-0.2, 0) is 0 Å². The smallest absolute Gasteiger partial charge is 0.0513 e. The first-order chi connectivity index (χ1) is 3.43. The van der Waals surface area contributed by atoms with Crippen molar-refractivity contribution in [1.29, 1.82) is 0 Å². The van der Waals surface area contributed by atoms with Gasteiger partial charge >= 0.3 is 0 Å². The Balaban J connectivity index is 2.42. The van der Waals surface area contributed by atoms with Crippen molar-refractivity contribution >= 4 is 29.3 Å². The molecule has 1 atom stereocenters. The Kier molecular flexibility index (Phi) is 1.88. The molecule has 0 nitrogen and oxygen atoms in total. The molecule has 0 saturated heterocycles. The highest BCUT2D eigenvalue weighted by atomic mass is 32.2. The van der Waals surface area contributed by atoms with Crippen molar-refractivity contribution in [2.75, 3.05) is 5.75 Å². The van der Waals surface area contributed by atoms with Crippen LogP contribution < -0.4 is 0 Å². The van der Waals surface area contributed by atoms with Crippen molar-refractivity contribution in [2.24, 2.45) is 0 Å². The first-order valence-corrected chi connectivity index (χ1v) is 3.69. The lowest BCUT2D eigenvalue weighted by Crippen LogP contribution is -1.90. The Morgan fingerprint density at radius 1 is 1.86 bits per heavy atom. The summed E-state index contributed by atoms with van der Waals surface area (Å²) in [5, 5.41) is 2.32. The lowest BCUT2D eigenvalue weighted by molar-refractivity contribution is 1.63. The maximum absolute atomic E-state index is 4.71. The SMILES string of the molecule is S=CC1C=CCS1. The molecule has 0 spiro atoms. The van der Waals surface area contributed by atoms with E-state index in [1.807, 2.05) is 11.8 Å². The lowest BCUT2D eigenvalue weighted by Gasteiger charge is -1.91. The van der Waals surface area contributed by atoms with Crippen LogP contribution in [-0.4, -0.2) is 16.4 Å². The molecule has 0 N–H and O–H groups in total. The second-order valence-corrected chi connectivity index (χ2v) is 2.85. The standard InChI is InChI=1S/C5H6S2/c6-4-5-2-1-3-7-5/h1-2,4-5H,3H2. The van der Waals surface area contributed by atoms with Crippen LogP contribution in [0.1, 0.15) is 0 Å². The monoisotopic (exact) mass is 130 g/mol. The molecule has 7 heavy (non-hydrogen) atoms. The van der Waals surface area contributed by atoms with E-state index in [-0.39, 0.29) is 0 Å². The van der Waals surface area contributed by atoms with Crippen molar-refractivity contribution in [1.82, 2.24) is 0 Å². The van der Waals surface area contributed by atoms with Crippen LogP contribution in [0, 0.1) is 0 Å². The third kappa shape index (κ3) is 1.28. The molecule has 0 aromatic carbocycles. The summed E-state index contributed by atoms with van der Waals surface area (Å²) < 4.78 is 0. The summed E-state index contributed by atoms with van der Waals surface area (Å²) in [4.78, 5) is 0. The first kappa shape index (κ1) is 5.32. The predicted molar refractivity (Wildman–Crippen MR) is 39.0 cm³/mol. The molecule has 1 rings (SSSR count). The largest absolute Gasteiger partial charge is 0.145 e. The minimum absolute atomic E-state index is 0.523. The van der Waals surface area contributed by atoms with Gasteiger partial charge in [-0.3, -0.25) is 0 Å². The van der Waals surface area contributed by atoms with Crippen molar-refractivity contribution in [3.63, 3.8) is 0 Å². The fraction of sp³-hybridized carbons (Fsp3) is 0.400. The van der Waals surface area contributed by atoms with Gasteiger partial charge in [-0.15, -0.1) is 11.8 Å². The van der Waals surface area contributed by atoms with Crippen LogP contribution >= 0.6 is 24.0 Å². The Morgan fingerprint density at radius 3 is 3.00 bits per heavy atom. The van der Waals surface area contributed by atoms with Crippen LogP contribution in [0.4, 0.5) is 0 Å². The number of thiocarbonyl (C=S) groups is 1. The van der Waals surface area contributed by atoms with Crippen molar-refractivity contribution in [3.05, 3.63) is 12.2 Å². The second kappa shape index (κ2) is 2.48. The van der Waals surface area contributed by atoms with Gasteiger partial charge in [-0.25, -0.2) is 0 Å². The topological polar surface area (TPSA) is 0 Å². The van der Waals surface area contributed by atoms with E-state index >= 15 is 0 Å². The van der Waals surface area contributed by atoms with Gasteiger partial charge in [-0.05, 0) is 5.37 Å². The van der Waals surface area contributed by atoms with Crippen molar-refractivity contribution in [3.8, 4) is 0 Å². The highest BCUT2D eigenvalue weighted by Gasteiger charge is 2.02. The van der Waals surface area contributed by atoms with E-state index in [0.29, 0.717) is 5.25 Å². The molecule has 0 amide bonds. The summed E-state index contributed by atoms with van der Waals surface area (Å²) in [6.07, 6.45) is 4.29. The van der Waals surface area contributed by atoms with Crippen LogP contribution in [0.2, 0.25) is 0 Å². The third-order valence-electron chi connectivity index (χ3n) is 0.845. The molecular weight excluding hydrogens is 124 g/mol. The van der Waals surface area contributed by atoms with Gasteiger partial charge < -0.3 is 0 Å². The van der Waals surface area contributed by atoms with E-state index in [9.17, 15) is 0 Å². The Bertz CT molecular complexity index is 96.3. The van der Waals surface area contributed by atoms with Gasteiger partial charge in [-0.2, -0.15) is 0 Å². The molecule has 1 aliphatic heterocycles. The summed E-state index contributed by atoms with van der Waals surface area (Å²) in [6.45, 7) is 0. The van der Waals surface area contributed by atoms with Crippen LogP contribution in [0.5, 0.6) is 0 Å². The predicted octanol–water partition coefficient (Wildman–Crippen LogP) is 1.66. The number of hydrogen-bond donors (Lipinski definition) is 0. The van der Waals surface area contributed by atoms with E-state index in [0.717, 1.165) is 5.75 Å². The van der Waals surface area contributed by atoms with Gasteiger partial charge in [0.25, 0.3) is 0 Å². The molecule has 0 aliphatic carbocycles. The molecule has 2 heteroatoms. The van der Waals surface area contributed by atoms with Gasteiger partial charge in [0, 0.05) is 5.75 Å². The van der Waals surface area contributed by atoms with E-state index in [1.54, 1.807) is 5.37 Å². The average Bonchev–Trinajstić information content (AvgIpc) is 2.14. The Labute approximate surface area is 53.0 Å². The Hall–Kier alpha value is 0.180. The molecule has 0 fully saturated rings. The fourth-order valence-electron chi connectivity index (χ4n) is 0.497. The van der Waals surface area contributed by atoms with Crippen LogP contribution in [0.3, 0.4) is 0 Å². The Morgan fingerprint density at radius 2 is 2.71 bits per heavy atom. The normalized spacial score (nSPS) is 28.3. The van der Waals surface area contributed by atoms with Gasteiger partial charge in [0.2, 0.25) is 0 Å². The van der Waals surface area contributed by atoms with Gasteiger partial charge in [-0.1, -0.05) is 24.4 Å². The van der Waals surface area contributed by atoms with E-state index in [2.05, 4.69) is 12.2 Å². The molecule has 1 aliphatic rings. The van der Waals surface area contributed by atoms with Crippen LogP contribution in [0.15, 0.2) is 12.2 Å². The average molecular weight is 130 g/mol. The van der Waals surface area contributed by atoms with Gasteiger partial charge in [0.15, 0.2) is 0 Å². The minimum Gasteiger partial charge on any atom is -0.145 e. The molecule has 1 unspecified atom stereocenters. The van der Waals surface area contributed by atoms with Gasteiger partial charge in [0.1, 0.15) is 0 Å². The highest BCUT2D eigenvalue weighted by Crippen LogP contribution is 2.16. The zero-order valence-electron chi connectivity index (χ0n) is 3.83. The quantitative estimate of drug-likeness (QED) is 0.391. The number of hydrogen-bond acceptors (Lipinski definition) is 2. The zero-order valence-corrected chi connectivity index (χ0v) is 5.47. The molecular formula is C5H6S2. The summed E-state index contributed by atoms with van der Waals surface area (Å²) in [6, 6.07) is 0. The van der Waals surface area contributed by atoms with E-state index in [4.69, 9.17) is 12.2 Å². The lowest BCUT2D eigenvalue weighted by atomic mass is 10.4. The van der Waals surface area contributed by atoms with E-state index < -0.39 is 0 Å². The number of rotatable bonds is 1. The van der Waals surface area contributed by atoms with Crippen molar-refractivity contribution in [2.45, 2.75) is 5.25 Å². The summed E-state index contributed by atoms with van der Waals surface area (Å²) in [7, 11) is 0. The first-order valence-electron chi connectivity index (χ1n) is 2.17. The molecule has 0 radical (unpaired) electrons. The molecule has 0 aromatic heterocycles. The molecule has 1 heterocycles. The van der Waals surface area contributed by atoms with E-state index in [1.165, 1.54) is 0 Å². The van der Waals surface area contributed by atoms with Gasteiger partial charge in [0.05, 0.1) is 5.25 Å². The summed E-state index contributed by atoms with van der Waals surface area (Å²) in [5.41, 5.74) is 0. The molecule has 0 bridgehead atoms.